The fourth-order valence-electron chi connectivity index (χ4n) is 5.80. The monoisotopic (exact) mass is 501 g/mol. The molecular weight excluding hydrogens is 473 g/mol. The predicted molar refractivity (Wildman–Crippen MR) is 117 cm³/mol. The van der Waals surface area contributed by atoms with E-state index in [4.69, 9.17) is 10.5 Å². The second kappa shape index (κ2) is 9.20. The summed E-state index contributed by atoms with van der Waals surface area (Å²) in [7, 11) is 0. The molecule has 0 radical (unpaired) electrons. The van der Waals surface area contributed by atoms with E-state index in [1.54, 1.807) is 6.07 Å². The Labute approximate surface area is 199 Å². The number of ether oxygens (including phenoxy) is 2. The number of pyridine rings is 1. The van der Waals surface area contributed by atoms with E-state index in [1.807, 2.05) is 0 Å². The maximum Gasteiger partial charge on any atom is 0.573 e. The van der Waals surface area contributed by atoms with Gasteiger partial charge in [0.1, 0.15) is 6.54 Å². The molecule has 2 saturated carbocycles. The molecule has 35 heavy (non-hydrogen) atoms. The van der Waals surface area contributed by atoms with Crippen LogP contribution in [-0.4, -0.2) is 64.8 Å². The summed E-state index contributed by atoms with van der Waals surface area (Å²) in [5.41, 5.74) is 6.51. The van der Waals surface area contributed by atoms with E-state index >= 15 is 0 Å². The number of alkyl halides is 5. The largest absolute Gasteiger partial charge is 0.573 e. The van der Waals surface area contributed by atoms with Gasteiger partial charge in [-0.2, -0.15) is 5.10 Å². The van der Waals surface area contributed by atoms with Gasteiger partial charge in [0.2, 0.25) is 0 Å². The van der Waals surface area contributed by atoms with Gasteiger partial charge in [0, 0.05) is 48.6 Å². The molecule has 0 amide bonds. The molecule has 2 N–H and O–H groups in total. The highest BCUT2D eigenvalue weighted by atomic mass is 19.4. The Balaban J connectivity index is 1.40. The zero-order valence-electron chi connectivity index (χ0n) is 19.1. The molecule has 192 valence electrons. The second-order valence-corrected chi connectivity index (χ2v) is 9.63. The lowest BCUT2D eigenvalue weighted by Crippen LogP contribution is -2.41. The van der Waals surface area contributed by atoms with Gasteiger partial charge >= 0.3 is 6.36 Å². The Bertz CT molecular complexity index is 1050. The van der Waals surface area contributed by atoms with Crippen molar-refractivity contribution in [2.45, 2.75) is 62.9 Å². The number of anilines is 1. The van der Waals surface area contributed by atoms with Crippen LogP contribution in [0.3, 0.4) is 0 Å². The first kappa shape index (κ1) is 24.2. The number of aromatic nitrogens is 3. The molecule has 12 heteroatoms. The molecule has 1 saturated heterocycles. The van der Waals surface area contributed by atoms with Crippen LogP contribution in [-0.2, 0) is 16.7 Å². The zero-order chi connectivity index (χ0) is 24.8. The molecule has 2 aromatic heterocycles. The maximum absolute atomic E-state index is 13.4. The Hall–Kier alpha value is -2.47. The molecule has 0 unspecified atom stereocenters. The van der Waals surface area contributed by atoms with Crippen molar-refractivity contribution in [2.75, 3.05) is 32.0 Å². The minimum Gasteiger partial charge on any atom is -0.402 e. The SMILES string of the molecule is Nc1ncc(-c2cc([C@]34CC[C@H](N5CCCOCC5)C[C@H]3C4)n(CC(F)F)n2)cc1OC(F)(F)F. The Morgan fingerprint density at radius 1 is 1.23 bits per heavy atom. The molecule has 1 aliphatic heterocycles. The quantitative estimate of drug-likeness (QED) is 0.598. The third-order valence-electron chi connectivity index (χ3n) is 7.49. The average Bonchev–Trinajstić information content (AvgIpc) is 3.46. The van der Waals surface area contributed by atoms with E-state index in [0.29, 0.717) is 17.7 Å². The van der Waals surface area contributed by atoms with Gasteiger partial charge in [-0.15, -0.1) is 13.2 Å². The van der Waals surface area contributed by atoms with Crippen molar-refractivity contribution in [3.05, 3.63) is 24.0 Å². The fourth-order valence-corrected chi connectivity index (χ4v) is 5.80. The lowest BCUT2D eigenvalue weighted by atomic mass is 9.82. The van der Waals surface area contributed by atoms with Crippen molar-refractivity contribution in [2.24, 2.45) is 5.92 Å². The van der Waals surface area contributed by atoms with Crippen LogP contribution in [0.4, 0.5) is 27.8 Å². The minimum absolute atomic E-state index is 0.222. The van der Waals surface area contributed by atoms with Gasteiger partial charge in [-0.3, -0.25) is 9.58 Å². The number of hydrogen-bond acceptors (Lipinski definition) is 6. The number of nitrogens with two attached hydrogens (primary N) is 1. The molecule has 2 aliphatic carbocycles. The first-order valence-electron chi connectivity index (χ1n) is 11.8. The summed E-state index contributed by atoms with van der Waals surface area (Å²) >= 11 is 0. The molecule has 3 heterocycles. The molecule has 3 fully saturated rings. The minimum atomic E-state index is -4.94. The third-order valence-corrected chi connectivity index (χ3v) is 7.49. The number of nitrogen functional groups attached to an aromatic ring is 1. The highest BCUT2D eigenvalue weighted by Gasteiger charge is 2.59. The number of hydrogen-bond donors (Lipinski definition) is 1. The van der Waals surface area contributed by atoms with E-state index < -0.39 is 30.9 Å². The lowest BCUT2D eigenvalue weighted by Gasteiger charge is -2.36. The number of fused-ring (bicyclic) bond motifs is 1. The van der Waals surface area contributed by atoms with Crippen molar-refractivity contribution in [1.29, 1.82) is 0 Å². The normalized spacial score (nSPS) is 27.5. The van der Waals surface area contributed by atoms with E-state index in [1.165, 1.54) is 10.9 Å². The van der Waals surface area contributed by atoms with Gasteiger partial charge in [0.25, 0.3) is 6.43 Å². The summed E-state index contributed by atoms with van der Waals surface area (Å²) in [5.74, 6) is -0.708. The van der Waals surface area contributed by atoms with E-state index in [0.717, 1.165) is 64.5 Å². The summed E-state index contributed by atoms with van der Waals surface area (Å²) < 4.78 is 75.9. The van der Waals surface area contributed by atoms with Crippen molar-refractivity contribution in [3.63, 3.8) is 0 Å². The van der Waals surface area contributed by atoms with Gasteiger partial charge in [-0.05, 0) is 50.2 Å². The van der Waals surface area contributed by atoms with Gasteiger partial charge in [0.05, 0.1) is 12.3 Å². The molecular formula is C23H28F5N5O2. The molecule has 3 atom stereocenters. The standard InChI is InChI=1S/C23H28F5N5O2/c24-20(25)13-33-19(10-17(31-33)14-8-18(21(29)30-12-14)35-23(26,27)28)22-3-2-16(9-15(22)11-22)32-4-1-6-34-7-5-32/h8,10,12,15-16,20H,1-7,9,11,13H2,(H2,29,30)/t15-,16-,22-/m0/s1. The first-order valence-corrected chi connectivity index (χ1v) is 11.8. The summed E-state index contributed by atoms with van der Waals surface area (Å²) in [5, 5.41) is 4.35. The second-order valence-electron chi connectivity index (χ2n) is 9.63. The Morgan fingerprint density at radius 3 is 2.80 bits per heavy atom. The van der Waals surface area contributed by atoms with Gasteiger partial charge in [0.15, 0.2) is 11.6 Å². The highest BCUT2D eigenvalue weighted by Crippen LogP contribution is 2.63. The smallest absolute Gasteiger partial charge is 0.402 e. The molecule has 5 rings (SSSR count). The maximum atomic E-state index is 13.4. The Kier molecular flexibility index (Phi) is 6.37. The van der Waals surface area contributed by atoms with Gasteiger partial charge < -0.3 is 15.2 Å². The predicted octanol–water partition coefficient (Wildman–Crippen LogP) is 4.22. The topological polar surface area (TPSA) is 78.4 Å². The van der Waals surface area contributed by atoms with Crippen molar-refractivity contribution >= 4 is 5.82 Å². The van der Waals surface area contributed by atoms with Gasteiger partial charge in [-0.25, -0.2) is 13.8 Å². The van der Waals surface area contributed by atoms with Crippen LogP contribution in [0.15, 0.2) is 18.3 Å². The summed E-state index contributed by atoms with van der Waals surface area (Å²) in [6.07, 6.45) is -1.57. The molecule has 2 aromatic rings. The molecule has 0 bridgehead atoms. The van der Waals surface area contributed by atoms with E-state index in [2.05, 4.69) is 19.7 Å². The summed E-state index contributed by atoms with van der Waals surface area (Å²) in [6.45, 7) is 2.84. The van der Waals surface area contributed by atoms with E-state index in [9.17, 15) is 22.0 Å². The highest BCUT2D eigenvalue weighted by molar-refractivity contribution is 5.65. The Morgan fingerprint density at radius 2 is 2.06 bits per heavy atom. The van der Waals surface area contributed by atoms with Crippen LogP contribution in [0.1, 0.15) is 37.8 Å². The van der Waals surface area contributed by atoms with Gasteiger partial charge in [-0.1, -0.05) is 0 Å². The van der Waals surface area contributed by atoms with Crippen LogP contribution in [0, 0.1) is 5.92 Å². The van der Waals surface area contributed by atoms with Crippen molar-refractivity contribution < 1.29 is 31.4 Å². The van der Waals surface area contributed by atoms with Crippen LogP contribution < -0.4 is 10.5 Å². The number of rotatable bonds is 6. The van der Waals surface area contributed by atoms with Crippen LogP contribution >= 0.6 is 0 Å². The van der Waals surface area contributed by atoms with Crippen LogP contribution in [0.25, 0.3) is 11.3 Å². The summed E-state index contributed by atoms with van der Waals surface area (Å²) in [6, 6.07) is 3.26. The molecule has 0 spiro atoms. The number of nitrogens with zero attached hydrogens (tertiary/aromatic N) is 4. The fraction of sp³-hybridized carbons (Fsp3) is 0.652. The van der Waals surface area contributed by atoms with E-state index in [-0.39, 0.29) is 16.7 Å². The zero-order valence-corrected chi connectivity index (χ0v) is 19.1. The van der Waals surface area contributed by atoms with Crippen molar-refractivity contribution in [1.82, 2.24) is 19.7 Å². The molecule has 0 aromatic carbocycles. The lowest BCUT2D eigenvalue weighted by molar-refractivity contribution is -0.274. The molecule has 3 aliphatic rings. The third kappa shape index (κ3) is 5.09. The average molecular weight is 502 g/mol. The van der Waals surface area contributed by atoms with Crippen LogP contribution in [0.2, 0.25) is 0 Å². The number of halogens is 5. The summed E-state index contributed by atoms with van der Waals surface area (Å²) in [4.78, 5) is 6.27. The van der Waals surface area contributed by atoms with Crippen molar-refractivity contribution in [3.8, 4) is 17.0 Å². The van der Waals surface area contributed by atoms with Crippen LogP contribution in [0.5, 0.6) is 5.75 Å². The first-order chi connectivity index (χ1) is 16.6. The molecule has 7 nitrogen and oxygen atoms in total.